The highest BCUT2D eigenvalue weighted by Crippen LogP contribution is 2.23. The molecule has 0 fully saturated rings. The van der Waals surface area contributed by atoms with Crippen molar-refractivity contribution in [1.29, 1.82) is 0 Å². The lowest BCUT2D eigenvalue weighted by molar-refractivity contribution is 1.45. The SMILES string of the molecule is [N-]=[N+]=Nc1ccc2cc3ccccc3nc2c1. The first-order chi connectivity index (χ1) is 8.36. The Bertz CT molecular complexity index is 758. The number of pyridine rings is 1. The van der Waals surface area contributed by atoms with Gasteiger partial charge in [-0.05, 0) is 23.7 Å². The number of hydrogen-bond acceptors (Lipinski definition) is 2. The molecule has 1 aromatic heterocycles. The smallest absolute Gasteiger partial charge is 0.0714 e. The van der Waals surface area contributed by atoms with Gasteiger partial charge in [-0.15, -0.1) is 0 Å². The van der Waals surface area contributed by atoms with Crippen LogP contribution in [0.15, 0.2) is 53.6 Å². The van der Waals surface area contributed by atoms with Crippen LogP contribution in [0.2, 0.25) is 0 Å². The van der Waals surface area contributed by atoms with E-state index in [1.54, 1.807) is 12.1 Å². The number of aromatic nitrogens is 1. The summed E-state index contributed by atoms with van der Waals surface area (Å²) in [6, 6.07) is 15.5. The second kappa shape index (κ2) is 3.77. The number of benzene rings is 2. The van der Waals surface area contributed by atoms with Crippen LogP contribution in [0.4, 0.5) is 5.69 Å². The van der Waals surface area contributed by atoms with Crippen molar-refractivity contribution < 1.29 is 0 Å². The molecule has 0 atom stereocenters. The van der Waals surface area contributed by atoms with Crippen molar-refractivity contribution >= 4 is 27.5 Å². The second-order valence-electron chi connectivity index (χ2n) is 3.75. The highest BCUT2D eigenvalue weighted by Gasteiger charge is 1.99. The molecule has 1 heterocycles. The molecule has 0 aliphatic rings. The van der Waals surface area contributed by atoms with Crippen LogP contribution in [0.25, 0.3) is 32.2 Å². The Kier molecular flexibility index (Phi) is 2.14. The maximum Gasteiger partial charge on any atom is 0.0714 e. The van der Waals surface area contributed by atoms with Gasteiger partial charge in [0.15, 0.2) is 0 Å². The zero-order chi connectivity index (χ0) is 11.7. The molecule has 0 spiro atoms. The lowest BCUT2D eigenvalue weighted by Gasteiger charge is -2.01. The molecule has 0 aliphatic heterocycles. The quantitative estimate of drug-likeness (QED) is 0.260. The minimum atomic E-state index is 0.586. The van der Waals surface area contributed by atoms with E-state index in [1.165, 1.54) is 0 Å². The minimum Gasteiger partial charge on any atom is -0.248 e. The monoisotopic (exact) mass is 220 g/mol. The van der Waals surface area contributed by atoms with Gasteiger partial charge in [0.25, 0.3) is 0 Å². The number of azide groups is 1. The van der Waals surface area contributed by atoms with Gasteiger partial charge in [-0.3, -0.25) is 0 Å². The van der Waals surface area contributed by atoms with Crippen LogP contribution in [0, 0.1) is 0 Å². The first-order valence-electron chi connectivity index (χ1n) is 5.21. The molecule has 3 aromatic rings. The summed E-state index contributed by atoms with van der Waals surface area (Å²) in [5, 5.41) is 5.73. The minimum absolute atomic E-state index is 0.586. The highest BCUT2D eigenvalue weighted by atomic mass is 15.1. The van der Waals surface area contributed by atoms with Gasteiger partial charge < -0.3 is 0 Å². The topological polar surface area (TPSA) is 61.7 Å². The standard InChI is InChI=1S/C13H8N4/c14-17-16-11-6-5-10-7-9-3-1-2-4-12(9)15-13(10)8-11/h1-8H. The van der Waals surface area contributed by atoms with E-state index in [2.05, 4.69) is 21.1 Å². The maximum atomic E-state index is 8.40. The fourth-order valence-corrected chi connectivity index (χ4v) is 1.87. The van der Waals surface area contributed by atoms with Crippen LogP contribution < -0.4 is 0 Å². The maximum absolute atomic E-state index is 8.40. The van der Waals surface area contributed by atoms with Crippen molar-refractivity contribution in [1.82, 2.24) is 4.98 Å². The number of fused-ring (bicyclic) bond motifs is 2. The zero-order valence-corrected chi connectivity index (χ0v) is 8.91. The summed E-state index contributed by atoms with van der Waals surface area (Å²) in [5.74, 6) is 0. The van der Waals surface area contributed by atoms with Crippen LogP contribution in [0.1, 0.15) is 0 Å². The van der Waals surface area contributed by atoms with Crippen LogP contribution >= 0.6 is 0 Å². The van der Waals surface area contributed by atoms with Gasteiger partial charge in [-0.2, -0.15) is 0 Å². The normalized spacial score (nSPS) is 10.4. The molecule has 80 valence electrons. The van der Waals surface area contributed by atoms with Crippen LogP contribution in [0.3, 0.4) is 0 Å². The Hall–Kier alpha value is -2.58. The van der Waals surface area contributed by atoms with Gasteiger partial charge in [0, 0.05) is 21.4 Å². The Labute approximate surface area is 97.1 Å². The van der Waals surface area contributed by atoms with Gasteiger partial charge in [-0.1, -0.05) is 35.4 Å². The third-order valence-electron chi connectivity index (χ3n) is 2.66. The Morgan fingerprint density at radius 1 is 0.941 bits per heavy atom. The van der Waals surface area contributed by atoms with Gasteiger partial charge in [0.1, 0.15) is 0 Å². The van der Waals surface area contributed by atoms with E-state index in [4.69, 9.17) is 5.53 Å². The predicted molar refractivity (Wildman–Crippen MR) is 68.1 cm³/mol. The van der Waals surface area contributed by atoms with E-state index in [0.29, 0.717) is 5.69 Å². The average Bonchev–Trinajstić information content (AvgIpc) is 2.36. The largest absolute Gasteiger partial charge is 0.248 e. The number of rotatable bonds is 1. The molecule has 0 saturated carbocycles. The fourth-order valence-electron chi connectivity index (χ4n) is 1.87. The van der Waals surface area contributed by atoms with Crippen molar-refractivity contribution in [2.24, 2.45) is 5.11 Å². The van der Waals surface area contributed by atoms with E-state index >= 15 is 0 Å². The van der Waals surface area contributed by atoms with Gasteiger partial charge in [0.05, 0.1) is 11.0 Å². The number of hydrogen-bond donors (Lipinski definition) is 0. The Balaban J connectivity index is 2.36. The Morgan fingerprint density at radius 3 is 2.65 bits per heavy atom. The van der Waals surface area contributed by atoms with Gasteiger partial charge in [-0.25, -0.2) is 4.98 Å². The van der Waals surface area contributed by atoms with E-state index in [1.807, 2.05) is 30.3 Å². The third kappa shape index (κ3) is 1.67. The highest BCUT2D eigenvalue weighted by molar-refractivity contribution is 5.93. The van der Waals surface area contributed by atoms with Gasteiger partial charge >= 0.3 is 0 Å². The first-order valence-corrected chi connectivity index (χ1v) is 5.21. The van der Waals surface area contributed by atoms with E-state index < -0.39 is 0 Å². The number of nitrogens with zero attached hydrogens (tertiary/aromatic N) is 4. The summed E-state index contributed by atoms with van der Waals surface area (Å²) in [5.41, 5.74) is 10.8. The summed E-state index contributed by atoms with van der Waals surface area (Å²) in [4.78, 5) is 7.31. The molecule has 3 rings (SSSR count). The molecule has 0 unspecified atom stereocenters. The molecule has 0 radical (unpaired) electrons. The molecule has 0 bridgehead atoms. The molecule has 17 heavy (non-hydrogen) atoms. The van der Waals surface area contributed by atoms with Crippen molar-refractivity contribution in [2.45, 2.75) is 0 Å². The molecular weight excluding hydrogens is 212 g/mol. The molecule has 4 heteroatoms. The molecule has 0 amide bonds. The zero-order valence-electron chi connectivity index (χ0n) is 8.91. The van der Waals surface area contributed by atoms with Crippen molar-refractivity contribution in [3.8, 4) is 0 Å². The Morgan fingerprint density at radius 2 is 1.76 bits per heavy atom. The van der Waals surface area contributed by atoms with Crippen molar-refractivity contribution in [2.75, 3.05) is 0 Å². The lowest BCUT2D eigenvalue weighted by Crippen LogP contribution is -1.81. The van der Waals surface area contributed by atoms with Crippen LogP contribution in [0.5, 0.6) is 0 Å². The van der Waals surface area contributed by atoms with Crippen molar-refractivity contribution in [3.05, 3.63) is 59.0 Å². The second-order valence-corrected chi connectivity index (χ2v) is 3.75. The van der Waals surface area contributed by atoms with E-state index in [-0.39, 0.29) is 0 Å². The first kappa shape index (κ1) is 9.63. The summed E-state index contributed by atoms with van der Waals surface area (Å²) < 4.78 is 0. The molecule has 4 nitrogen and oxygen atoms in total. The summed E-state index contributed by atoms with van der Waals surface area (Å²) >= 11 is 0. The molecule has 0 saturated heterocycles. The summed E-state index contributed by atoms with van der Waals surface area (Å²) in [6.07, 6.45) is 0. The van der Waals surface area contributed by atoms with E-state index in [9.17, 15) is 0 Å². The van der Waals surface area contributed by atoms with Gasteiger partial charge in [0.2, 0.25) is 0 Å². The third-order valence-corrected chi connectivity index (χ3v) is 2.66. The summed E-state index contributed by atoms with van der Waals surface area (Å²) in [6.45, 7) is 0. The molecule has 0 aliphatic carbocycles. The number of para-hydroxylation sites is 1. The molecule has 0 N–H and O–H groups in total. The molecular formula is C13H8N4. The van der Waals surface area contributed by atoms with E-state index in [0.717, 1.165) is 21.8 Å². The van der Waals surface area contributed by atoms with Crippen LogP contribution in [-0.4, -0.2) is 4.98 Å². The lowest BCUT2D eigenvalue weighted by atomic mass is 10.1. The predicted octanol–water partition coefficient (Wildman–Crippen LogP) is 4.33. The average molecular weight is 220 g/mol. The fraction of sp³-hybridized carbons (Fsp3) is 0. The van der Waals surface area contributed by atoms with Crippen LogP contribution in [-0.2, 0) is 0 Å². The molecule has 2 aromatic carbocycles. The summed E-state index contributed by atoms with van der Waals surface area (Å²) in [7, 11) is 0. The van der Waals surface area contributed by atoms with Crippen molar-refractivity contribution in [3.63, 3.8) is 0 Å².